The Balaban J connectivity index is 2.85. The van der Waals surface area contributed by atoms with Gasteiger partial charge in [0, 0.05) is 11.1 Å². The molecule has 2 rings (SSSR count). The molecule has 2 N–H and O–H groups in total. The van der Waals surface area contributed by atoms with Crippen LogP contribution in [0.5, 0.6) is 0 Å². The molecule has 0 atom stereocenters. The number of halogens is 1. The molecule has 3 nitrogen and oxygen atoms in total. The van der Waals surface area contributed by atoms with E-state index in [9.17, 15) is 0 Å². The first kappa shape index (κ1) is 10.5. The molecule has 0 spiro atoms. The summed E-state index contributed by atoms with van der Waals surface area (Å²) in [4.78, 5) is 0. The molecule has 0 saturated heterocycles. The second-order valence-electron chi connectivity index (χ2n) is 3.56. The normalized spacial score (nSPS) is 11.2. The van der Waals surface area contributed by atoms with Crippen molar-refractivity contribution in [1.82, 2.24) is 4.57 Å². The molecule has 0 aliphatic rings. The highest BCUT2D eigenvalue weighted by atomic mass is 35.5. The molecule has 1 aromatic carbocycles. The van der Waals surface area contributed by atoms with Crippen molar-refractivity contribution in [2.75, 3.05) is 0 Å². The highest BCUT2D eigenvalue weighted by molar-refractivity contribution is 6.31. The number of rotatable bonds is 2. The van der Waals surface area contributed by atoms with E-state index in [1.54, 1.807) is 0 Å². The summed E-state index contributed by atoms with van der Waals surface area (Å²) in [6.45, 7) is 3.56. The first-order valence-corrected chi connectivity index (χ1v) is 5.43. The van der Waals surface area contributed by atoms with Gasteiger partial charge in [-0.25, -0.2) is 9.13 Å². The molecule has 1 heterocycles. The van der Waals surface area contributed by atoms with Gasteiger partial charge in [-0.15, -0.1) is 0 Å². The summed E-state index contributed by atoms with van der Waals surface area (Å²) in [6, 6.07) is 5.92. The summed E-state index contributed by atoms with van der Waals surface area (Å²) in [5.74, 6) is 1.12. The Bertz CT molecular complexity index is 502. The third-order valence-corrected chi connectivity index (χ3v) is 3.02. The summed E-state index contributed by atoms with van der Waals surface area (Å²) in [5.41, 5.74) is 8.07. The minimum atomic E-state index is 0.538. The molecule has 1 aromatic heterocycles. The van der Waals surface area contributed by atoms with Crippen LogP contribution >= 0.6 is 11.6 Å². The van der Waals surface area contributed by atoms with Crippen LogP contribution in [0.15, 0.2) is 18.2 Å². The number of hydrogen-bond donors (Lipinski definition) is 1. The quantitative estimate of drug-likeness (QED) is 0.773. The standard InChI is InChI=1S/C11H15ClN3/c1-3-15-10-6-8(12)4-5-9(10)14(2)11(15)7-13/h4-6H,3,7,13H2,1-2H3/q+1. The van der Waals surface area contributed by atoms with Gasteiger partial charge in [0.05, 0.1) is 20.1 Å². The summed E-state index contributed by atoms with van der Waals surface area (Å²) < 4.78 is 4.32. The first-order chi connectivity index (χ1) is 7.19. The van der Waals surface area contributed by atoms with E-state index < -0.39 is 0 Å². The van der Waals surface area contributed by atoms with E-state index in [-0.39, 0.29) is 0 Å². The van der Waals surface area contributed by atoms with Gasteiger partial charge in [-0.3, -0.25) is 0 Å². The monoisotopic (exact) mass is 224 g/mol. The number of nitrogens with zero attached hydrogens (tertiary/aromatic N) is 2. The van der Waals surface area contributed by atoms with E-state index in [0.717, 1.165) is 22.9 Å². The predicted octanol–water partition coefficient (Wildman–Crippen LogP) is 1.60. The summed E-state index contributed by atoms with van der Waals surface area (Å²) >= 11 is 6.00. The highest BCUT2D eigenvalue weighted by Crippen LogP contribution is 2.19. The fourth-order valence-electron chi connectivity index (χ4n) is 2.06. The summed E-state index contributed by atoms with van der Waals surface area (Å²) in [5, 5.41) is 0.763. The van der Waals surface area contributed by atoms with E-state index in [1.165, 1.54) is 5.52 Å². The molecule has 0 radical (unpaired) electrons. The van der Waals surface area contributed by atoms with Crippen molar-refractivity contribution in [1.29, 1.82) is 0 Å². The Kier molecular flexibility index (Phi) is 2.67. The van der Waals surface area contributed by atoms with E-state index in [1.807, 2.05) is 25.2 Å². The van der Waals surface area contributed by atoms with Crippen molar-refractivity contribution in [2.24, 2.45) is 12.8 Å². The molecule has 0 unspecified atom stereocenters. The average Bonchev–Trinajstić information content (AvgIpc) is 2.50. The Morgan fingerprint density at radius 2 is 2.20 bits per heavy atom. The molecule has 0 fully saturated rings. The second kappa shape index (κ2) is 3.83. The van der Waals surface area contributed by atoms with Crippen LogP contribution in [0, 0.1) is 0 Å². The van der Waals surface area contributed by atoms with Crippen LogP contribution in [0.1, 0.15) is 12.7 Å². The fourth-order valence-corrected chi connectivity index (χ4v) is 2.22. The fraction of sp³-hybridized carbons (Fsp3) is 0.364. The van der Waals surface area contributed by atoms with Crippen molar-refractivity contribution in [2.45, 2.75) is 20.0 Å². The minimum absolute atomic E-state index is 0.538. The molecule has 4 heteroatoms. The van der Waals surface area contributed by atoms with Crippen molar-refractivity contribution in [3.63, 3.8) is 0 Å². The van der Waals surface area contributed by atoms with Crippen LogP contribution in [-0.2, 0) is 20.1 Å². The molecule has 0 saturated carbocycles. The SMILES string of the molecule is CCn1c(CN)[n+](C)c2ccc(Cl)cc21. The topological polar surface area (TPSA) is 34.8 Å². The number of nitrogens with two attached hydrogens (primary N) is 1. The van der Waals surface area contributed by atoms with Crippen molar-refractivity contribution in [3.8, 4) is 0 Å². The largest absolute Gasteiger partial charge is 0.320 e. The third kappa shape index (κ3) is 1.52. The Labute approximate surface area is 94.1 Å². The Hall–Kier alpha value is -1.06. The molecular formula is C11H15ClN3+. The van der Waals surface area contributed by atoms with Crippen LogP contribution < -0.4 is 10.3 Å². The van der Waals surface area contributed by atoms with Gasteiger partial charge in [-0.2, -0.15) is 0 Å². The van der Waals surface area contributed by atoms with Crippen molar-refractivity contribution < 1.29 is 4.57 Å². The average molecular weight is 225 g/mol. The number of imidazole rings is 1. The van der Waals surface area contributed by atoms with Gasteiger partial charge in [0.1, 0.15) is 0 Å². The molecule has 0 aliphatic heterocycles. The van der Waals surface area contributed by atoms with Crippen LogP contribution in [0.3, 0.4) is 0 Å². The van der Waals surface area contributed by atoms with E-state index in [0.29, 0.717) is 6.54 Å². The number of aryl methyl sites for hydroxylation is 2. The number of aromatic nitrogens is 2. The molecular weight excluding hydrogens is 210 g/mol. The minimum Gasteiger partial charge on any atom is -0.320 e. The Morgan fingerprint density at radius 3 is 2.80 bits per heavy atom. The van der Waals surface area contributed by atoms with Crippen LogP contribution in [0.2, 0.25) is 5.02 Å². The van der Waals surface area contributed by atoms with Gasteiger partial charge < -0.3 is 5.73 Å². The zero-order valence-electron chi connectivity index (χ0n) is 9.00. The molecule has 2 aromatic rings. The van der Waals surface area contributed by atoms with Crippen LogP contribution in [0.25, 0.3) is 11.0 Å². The van der Waals surface area contributed by atoms with Gasteiger partial charge in [0.25, 0.3) is 5.82 Å². The first-order valence-electron chi connectivity index (χ1n) is 5.05. The summed E-state index contributed by atoms with van der Waals surface area (Å²) in [6.07, 6.45) is 0. The molecule has 0 amide bonds. The van der Waals surface area contributed by atoms with Crippen LogP contribution in [0.4, 0.5) is 0 Å². The lowest BCUT2D eigenvalue weighted by Gasteiger charge is -1.96. The number of hydrogen-bond acceptors (Lipinski definition) is 1. The van der Waals surface area contributed by atoms with E-state index in [2.05, 4.69) is 16.1 Å². The maximum atomic E-state index is 6.00. The van der Waals surface area contributed by atoms with E-state index in [4.69, 9.17) is 17.3 Å². The van der Waals surface area contributed by atoms with Crippen molar-refractivity contribution >= 4 is 22.6 Å². The molecule has 15 heavy (non-hydrogen) atoms. The second-order valence-corrected chi connectivity index (χ2v) is 3.99. The third-order valence-electron chi connectivity index (χ3n) is 2.79. The lowest BCUT2D eigenvalue weighted by Crippen LogP contribution is -2.34. The number of fused-ring (bicyclic) bond motifs is 1. The lowest BCUT2D eigenvalue weighted by molar-refractivity contribution is -0.654. The van der Waals surface area contributed by atoms with E-state index >= 15 is 0 Å². The molecule has 0 bridgehead atoms. The summed E-state index contributed by atoms with van der Waals surface area (Å²) in [7, 11) is 2.03. The van der Waals surface area contributed by atoms with Gasteiger partial charge in [0.15, 0.2) is 11.0 Å². The molecule has 80 valence electrons. The highest BCUT2D eigenvalue weighted by Gasteiger charge is 2.19. The smallest absolute Gasteiger partial charge is 0.271 e. The maximum absolute atomic E-state index is 6.00. The molecule has 0 aliphatic carbocycles. The maximum Gasteiger partial charge on any atom is 0.271 e. The van der Waals surface area contributed by atoms with Crippen molar-refractivity contribution in [3.05, 3.63) is 29.0 Å². The zero-order valence-corrected chi connectivity index (χ0v) is 9.75. The van der Waals surface area contributed by atoms with Gasteiger partial charge in [-0.05, 0) is 19.1 Å². The van der Waals surface area contributed by atoms with Crippen LogP contribution in [-0.4, -0.2) is 4.57 Å². The number of benzene rings is 1. The zero-order chi connectivity index (χ0) is 11.0. The predicted molar refractivity (Wildman–Crippen MR) is 61.7 cm³/mol. The Morgan fingerprint density at radius 1 is 1.47 bits per heavy atom. The lowest BCUT2D eigenvalue weighted by atomic mass is 10.3. The van der Waals surface area contributed by atoms with Gasteiger partial charge in [0.2, 0.25) is 0 Å². The van der Waals surface area contributed by atoms with Gasteiger partial charge in [-0.1, -0.05) is 11.6 Å². The van der Waals surface area contributed by atoms with Gasteiger partial charge >= 0.3 is 0 Å².